The van der Waals surface area contributed by atoms with Crippen LogP contribution in [0.2, 0.25) is 0 Å². The van der Waals surface area contributed by atoms with Crippen molar-refractivity contribution in [1.82, 2.24) is 4.90 Å². The van der Waals surface area contributed by atoms with Crippen molar-refractivity contribution in [2.75, 3.05) is 19.7 Å². The van der Waals surface area contributed by atoms with Gasteiger partial charge in [-0.2, -0.15) is 0 Å². The maximum absolute atomic E-state index is 12.7. The van der Waals surface area contributed by atoms with Gasteiger partial charge in [-0.15, -0.1) is 0 Å². The smallest absolute Gasteiger partial charge is 0.230 e. The van der Waals surface area contributed by atoms with Crippen LogP contribution >= 0.6 is 0 Å². The van der Waals surface area contributed by atoms with E-state index in [9.17, 15) is 4.79 Å². The van der Waals surface area contributed by atoms with Crippen LogP contribution in [0.5, 0.6) is 0 Å². The van der Waals surface area contributed by atoms with E-state index in [1.165, 1.54) is 18.4 Å². The fourth-order valence-electron chi connectivity index (χ4n) is 3.79. The van der Waals surface area contributed by atoms with Crippen LogP contribution in [0.3, 0.4) is 0 Å². The summed E-state index contributed by atoms with van der Waals surface area (Å²) in [6.07, 6.45) is 6.73. The number of piperidine rings is 1. The molecule has 0 unspecified atom stereocenters. The number of likely N-dealkylation sites (tertiary alicyclic amines) is 1. The molecule has 2 heterocycles. The van der Waals surface area contributed by atoms with E-state index >= 15 is 0 Å². The molecule has 1 saturated carbocycles. The maximum atomic E-state index is 12.7. The van der Waals surface area contributed by atoms with Crippen LogP contribution in [0.1, 0.15) is 30.6 Å². The Hall–Kier alpha value is -2.07. The molecular formula is C22H27NO3. The predicted molar refractivity (Wildman–Crippen MR) is 99.7 cm³/mol. The number of benzene rings is 1. The summed E-state index contributed by atoms with van der Waals surface area (Å²) in [5.74, 6) is 2.01. The van der Waals surface area contributed by atoms with Gasteiger partial charge < -0.3 is 14.1 Å². The van der Waals surface area contributed by atoms with Gasteiger partial charge >= 0.3 is 0 Å². The fourth-order valence-corrected chi connectivity index (χ4v) is 3.79. The minimum absolute atomic E-state index is 0.152. The lowest BCUT2D eigenvalue weighted by Crippen LogP contribution is -2.48. The van der Waals surface area contributed by atoms with Crippen LogP contribution in [-0.4, -0.2) is 36.6 Å². The second kappa shape index (κ2) is 8.09. The zero-order valence-electron chi connectivity index (χ0n) is 15.2. The Labute approximate surface area is 155 Å². The number of hydrogen-bond donors (Lipinski definition) is 0. The van der Waals surface area contributed by atoms with Crippen LogP contribution < -0.4 is 0 Å². The Balaban J connectivity index is 1.40. The van der Waals surface area contributed by atoms with Crippen molar-refractivity contribution in [3.63, 3.8) is 0 Å². The van der Waals surface area contributed by atoms with Gasteiger partial charge in [-0.3, -0.25) is 4.79 Å². The van der Waals surface area contributed by atoms with Gasteiger partial charge in [-0.05, 0) is 49.3 Å². The van der Waals surface area contributed by atoms with Crippen molar-refractivity contribution >= 4 is 5.91 Å². The topological polar surface area (TPSA) is 42.7 Å². The summed E-state index contributed by atoms with van der Waals surface area (Å²) in [7, 11) is 0. The lowest BCUT2D eigenvalue weighted by molar-refractivity contribution is -0.136. The molecule has 1 saturated heterocycles. The van der Waals surface area contributed by atoms with Gasteiger partial charge in [0.2, 0.25) is 5.91 Å². The van der Waals surface area contributed by atoms with Gasteiger partial charge in [0.1, 0.15) is 5.76 Å². The molecule has 0 N–H and O–H groups in total. The number of carbonyl (C=O) groups is 1. The van der Waals surface area contributed by atoms with Crippen molar-refractivity contribution in [2.24, 2.45) is 11.8 Å². The largest absolute Gasteiger partial charge is 0.469 e. The number of amides is 1. The first kappa shape index (κ1) is 17.3. The van der Waals surface area contributed by atoms with E-state index in [0.717, 1.165) is 44.2 Å². The lowest BCUT2D eigenvalue weighted by Gasteiger charge is -2.38. The molecule has 1 aliphatic carbocycles. The fraction of sp³-hybridized carbons (Fsp3) is 0.500. The summed E-state index contributed by atoms with van der Waals surface area (Å²) < 4.78 is 11.6. The molecule has 1 aromatic carbocycles. The minimum atomic E-state index is 0.152. The molecule has 2 fully saturated rings. The zero-order valence-corrected chi connectivity index (χ0v) is 15.2. The Morgan fingerprint density at radius 3 is 2.69 bits per heavy atom. The normalized spacial score (nSPS) is 23.2. The molecule has 2 aromatic rings. The summed E-state index contributed by atoms with van der Waals surface area (Å²) in [5, 5.41) is 0. The van der Waals surface area contributed by atoms with Crippen molar-refractivity contribution in [1.29, 1.82) is 0 Å². The Kier molecular flexibility index (Phi) is 5.40. The van der Waals surface area contributed by atoms with Crippen molar-refractivity contribution in [3.8, 4) is 0 Å². The van der Waals surface area contributed by atoms with E-state index in [1.54, 1.807) is 6.26 Å². The first-order chi connectivity index (χ1) is 12.8. The van der Waals surface area contributed by atoms with Gasteiger partial charge in [0, 0.05) is 25.6 Å². The minimum Gasteiger partial charge on any atom is -0.469 e. The number of rotatable bonds is 7. The second-order valence-electron chi connectivity index (χ2n) is 7.65. The SMILES string of the molecule is O=C(Cc1ccco1)N1CC[C@H](OCC2CC2)[C@H](Cc2ccccc2)C1. The molecule has 4 nitrogen and oxygen atoms in total. The zero-order chi connectivity index (χ0) is 17.8. The van der Waals surface area contributed by atoms with Crippen molar-refractivity contribution in [3.05, 3.63) is 60.1 Å². The molecule has 1 aliphatic heterocycles. The first-order valence-corrected chi connectivity index (χ1v) is 9.73. The molecular weight excluding hydrogens is 326 g/mol. The van der Waals surface area contributed by atoms with Gasteiger partial charge in [-0.1, -0.05) is 30.3 Å². The number of hydrogen-bond acceptors (Lipinski definition) is 3. The average Bonchev–Trinajstić information content (AvgIpc) is 3.36. The lowest BCUT2D eigenvalue weighted by atomic mass is 9.88. The molecule has 0 radical (unpaired) electrons. The highest BCUT2D eigenvalue weighted by atomic mass is 16.5. The standard InChI is InChI=1S/C22H27NO3/c24-22(14-20-7-4-12-25-20)23-11-10-21(26-16-18-8-9-18)19(15-23)13-17-5-2-1-3-6-17/h1-7,12,18-19,21H,8-11,13-16H2/t19-,21+/m1/s1. The summed E-state index contributed by atoms with van der Waals surface area (Å²) in [4.78, 5) is 14.7. The van der Waals surface area contributed by atoms with Crippen molar-refractivity contribution in [2.45, 2.75) is 38.2 Å². The summed E-state index contributed by atoms with van der Waals surface area (Å²) in [6, 6.07) is 14.2. The molecule has 1 amide bonds. The Morgan fingerprint density at radius 2 is 1.96 bits per heavy atom. The van der Waals surface area contributed by atoms with Crippen LogP contribution in [0.4, 0.5) is 0 Å². The molecule has 138 valence electrons. The number of nitrogens with zero attached hydrogens (tertiary/aromatic N) is 1. The molecule has 2 atom stereocenters. The summed E-state index contributed by atoms with van der Waals surface area (Å²) in [5.41, 5.74) is 1.32. The Morgan fingerprint density at radius 1 is 1.12 bits per heavy atom. The molecule has 4 rings (SSSR count). The van der Waals surface area contributed by atoms with Crippen LogP contribution in [0.25, 0.3) is 0 Å². The second-order valence-corrected chi connectivity index (χ2v) is 7.65. The quantitative estimate of drug-likeness (QED) is 0.762. The third-order valence-corrected chi connectivity index (χ3v) is 5.51. The summed E-state index contributed by atoms with van der Waals surface area (Å²) in [6.45, 7) is 2.43. The van der Waals surface area contributed by atoms with Crippen LogP contribution in [0, 0.1) is 11.8 Å². The van der Waals surface area contributed by atoms with E-state index in [2.05, 4.69) is 24.3 Å². The van der Waals surface area contributed by atoms with Crippen LogP contribution in [-0.2, 0) is 22.4 Å². The third kappa shape index (κ3) is 4.55. The molecule has 0 spiro atoms. The van der Waals surface area contributed by atoms with E-state index in [-0.39, 0.29) is 12.0 Å². The van der Waals surface area contributed by atoms with E-state index in [4.69, 9.17) is 9.15 Å². The molecule has 4 heteroatoms. The summed E-state index contributed by atoms with van der Waals surface area (Å²) >= 11 is 0. The van der Waals surface area contributed by atoms with Gasteiger partial charge in [-0.25, -0.2) is 0 Å². The third-order valence-electron chi connectivity index (χ3n) is 5.51. The predicted octanol–water partition coefficient (Wildman–Crippen LogP) is 3.71. The van der Waals surface area contributed by atoms with Crippen molar-refractivity contribution < 1.29 is 13.9 Å². The first-order valence-electron chi connectivity index (χ1n) is 9.73. The molecule has 0 bridgehead atoms. The van der Waals surface area contributed by atoms with Gasteiger partial charge in [0.15, 0.2) is 0 Å². The highest BCUT2D eigenvalue weighted by Crippen LogP contribution is 2.32. The average molecular weight is 353 g/mol. The molecule has 2 aliphatic rings. The number of ether oxygens (including phenoxy) is 1. The van der Waals surface area contributed by atoms with Gasteiger partial charge in [0.25, 0.3) is 0 Å². The monoisotopic (exact) mass is 353 g/mol. The highest BCUT2D eigenvalue weighted by molar-refractivity contribution is 5.78. The highest BCUT2D eigenvalue weighted by Gasteiger charge is 2.33. The van der Waals surface area contributed by atoms with Gasteiger partial charge in [0.05, 0.1) is 18.8 Å². The maximum Gasteiger partial charge on any atom is 0.230 e. The number of furan rings is 1. The number of carbonyl (C=O) groups excluding carboxylic acids is 1. The van der Waals surface area contributed by atoms with Crippen LogP contribution in [0.15, 0.2) is 53.1 Å². The van der Waals surface area contributed by atoms with E-state index in [1.807, 2.05) is 23.1 Å². The Bertz CT molecular complexity index is 693. The molecule has 1 aromatic heterocycles. The van der Waals surface area contributed by atoms with E-state index < -0.39 is 0 Å². The van der Waals surface area contributed by atoms with E-state index in [0.29, 0.717) is 12.3 Å². The molecule has 26 heavy (non-hydrogen) atoms.